The van der Waals surface area contributed by atoms with Crippen molar-refractivity contribution in [2.24, 2.45) is 0 Å². The molecule has 0 spiro atoms. The summed E-state index contributed by atoms with van der Waals surface area (Å²) in [4.78, 5) is 11.2. The quantitative estimate of drug-likeness (QED) is 0.786. The van der Waals surface area contributed by atoms with E-state index >= 15 is 0 Å². The minimum Gasteiger partial charge on any atom is -0.494 e. The van der Waals surface area contributed by atoms with Crippen molar-refractivity contribution in [2.45, 2.75) is 0 Å². The van der Waals surface area contributed by atoms with Crippen LogP contribution in [0.25, 0.3) is 11.1 Å². The number of hydrogen-bond donors (Lipinski definition) is 2. The normalized spacial score (nSPS) is 10.3. The van der Waals surface area contributed by atoms with E-state index in [1.54, 1.807) is 6.07 Å². The maximum absolute atomic E-state index is 13.3. The molecule has 0 amide bonds. The average Bonchev–Trinajstić information content (AvgIpc) is 2.64. The molecule has 5 heteroatoms. The molecule has 78 valence electrons. The summed E-state index contributed by atoms with van der Waals surface area (Å²) in [5, 5.41) is 4.93. The molecule has 2 aromatic rings. The van der Waals surface area contributed by atoms with Crippen molar-refractivity contribution in [2.75, 3.05) is 7.11 Å². The zero-order valence-corrected chi connectivity index (χ0v) is 8.00. The van der Waals surface area contributed by atoms with E-state index in [4.69, 9.17) is 4.74 Å². The van der Waals surface area contributed by atoms with Gasteiger partial charge in [0, 0.05) is 6.20 Å². The molecule has 0 saturated carbocycles. The smallest absolute Gasteiger partial charge is 0.271 e. The van der Waals surface area contributed by atoms with Crippen LogP contribution < -0.4 is 10.3 Å². The first-order chi connectivity index (χ1) is 7.22. The van der Waals surface area contributed by atoms with Crippen LogP contribution in [0.3, 0.4) is 0 Å². The van der Waals surface area contributed by atoms with E-state index in [0.717, 1.165) is 0 Å². The lowest BCUT2D eigenvalue weighted by atomic mass is 10.1. The molecule has 1 heterocycles. The van der Waals surface area contributed by atoms with Gasteiger partial charge in [-0.2, -0.15) is 0 Å². The number of rotatable bonds is 2. The Morgan fingerprint density at radius 2 is 2.20 bits per heavy atom. The minimum absolute atomic E-state index is 0.158. The molecule has 0 atom stereocenters. The highest BCUT2D eigenvalue weighted by Gasteiger charge is 2.08. The van der Waals surface area contributed by atoms with E-state index < -0.39 is 5.82 Å². The summed E-state index contributed by atoms with van der Waals surface area (Å²) in [6.07, 6.45) is 1.49. The number of aromatic amines is 2. The lowest BCUT2D eigenvalue weighted by Crippen LogP contribution is -2.01. The molecule has 0 unspecified atom stereocenters. The number of ether oxygens (including phenoxy) is 1. The van der Waals surface area contributed by atoms with Crippen molar-refractivity contribution in [1.82, 2.24) is 10.2 Å². The molecule has 15 heavy (non-hydrogen) atoms. The van der Waals surface area contributed by atoms with E-state index in [1.165, 1.54) is 25.4 Å². The third-order valence-electron chi connectivity index (χ3n) is 2.11. The Morgan fingerprint density at radius 3 is 2.73 bits per heavy atom. The predicted octanol–water partition coefficient (Wildman–Crippen LogP) is 1.52. The van der Waals surface area contributed by atoms with Crippen LogP contribution in [0, 0.1) is 5.82 Å². The molecule has 4 nitrogen and oxygen atoms in total. The highest BCUT2D eigenvalue weighted by atomic mass is 19.1. The molecular weight excluding hydrogens is 199 g/mol. The molecule has 0 aliphatic rings. The second-order valence-corrected chi connectivity index (χ2v) is 3.01. The third kappa shape index (κ3) is 1.63. The Labute approximate surface area is 84.7 Å². The number of halogens is 1. The molecular formula is C10H9FN2O2. The second kappa shape index (κ2) is 3.61. The average molecular weight is 208 g/mol. The monoisotopic (exact) mass is 208 g/mol. The van der Waals surface area contributed by atoms with Crippen LogP contribution in [0.5, 0.6) is 5.75 Å². The molecule has 0 aliphatic carbocycles. The van der Waals surface area contributed by atoms with Gasteiger partial charge < -0.3 is 9.84 Å². The summed E-state index contributed by atoms with van der Waals surface area (Å²) >= 11 is 0. The summed E-state index contributed by atoms with van der Waals surface area (Å²) in [5.74, 6) is -0.332. The number of H-pyrrole nitrogens is 2. The first-order valence-electron chi connectivity index (χ1n) is 4.32. The van der Waals surface area contributed by atoms with Crippen molar-refractivity contribution >= 4 is 0 Å². The lowest BCUT2D eigenvalue weighted by molar-refractivity contribution is 0.386. The van der Waals surface area contributed by atoms with Crippen molar-refractivity contribution in [1.29, 1.82) is 0 Å². The van der Waals surface area contributed by atoms with Crippen LogP contribution in [0.1, 0.15) is 0 Å². The predicted molar refractivity (Wildman–Crippen MR) is 53.4 cm³/mol. The van der Waals surface area contributed by atoms with Gasteiger partial charge in [-0.05, 0) is 17.7 Å². The van der Waals surface area contributed by atoms with E-state index in [9.17, 15) is 9.18 Å². The topological polar surface area (TPSA) is 57.9 Å². The highest BCUT2D eigenvalue weighted by molar-refractivity contribution is 5.62. The molecule has 0 aliphatic heterocycles. The maximum Gasteiger partial charge on any atom is 0.271 e. The van der Waals surface area contributed by atoms with Crippen molar-refractivity contribution in [3.63, 3.8) is 0 Å². The van der Waals surface area contributed by atoms with Gasteiger partial charge in [-0.1, -0.05) is 6.07 Å². The molecule has 0 saturated heterocycles. The summed E-state index contributed by atoms with van der Waals surface area (Å²) in [6, 6.07) is 4.37. The van der Waals surface area contributed by atoms with Gasteiger partial charge in [0.1, 0.15) is 0 Å². The Bertz CT molecular complexity index is 530. The number of aromatic nitrogens is 2. The van der Waals surface area contributed by atoms with Crippen LogP contribution in [-0.2, 0) is 0 Å². The number of benzene rings is 1. The zero-order valence-electron chi connectivity index (χ0n) is 8.00. The molecule has 1 aromatic heterocycles. The van der Waals surface area contributed by atoms with Crippen LogP contribution in [0.4, 0.5) is 4.39 Å². The molecule has 2 rings (SSSR count). The Morgan fingerprint density at radius 1 is 1.40 bits per heavy atom. The van der Waals surface area contributed by atoms with Gasteiger partial charge in [-0.3, -0.25) is 9.89 Å². The number of methoxy groups -OCH3 is 1. The van der Waals surface area contributed by atoms with Gasteiger partial charge in [0.2, 0.25) is 0 Å². The first-order valence-corrected chi connectivity index (χ1v) is 4.32. The summed E-state index contributed by atoms with van der Waals surface area (Å²) in [7, 11) is 1.39. The molecule has 0 fully saturated rings. The summed E-state index contributed by atoms with van der Waals surface area (Å²) in [5.41, 5.74) is 0.631. The van der Waals surface area contributed by atoms with Crippen molar-refractivity contribution < 1.29 is 9.13 Å². The van der Waals surface area contributed by atoms with Gasteiger partial charge in [0.15, 0.2) is 11.6 Å². The third-order valence-corrected chi connectivity index (χ3v) is 2.11. The maximum atomic E-state index is 13.3. The van der Waals surface area contributed by atoms with Gasteiger partial charge in [-0.25, -0.2) is 4.39 Å². The van der Waals surface area contributed by atoms with Crippen molar-refractivity contribution in [3.8, 4) is 16.9 Å². The molecule has 1 aromatic carbocycles. The van der Waals surface area contributed by atoms with Gasteiger partial charge in [-0.15, -0.1) is 0 Å². The Kier molecular flexibility index (Phi) is 2.29. The Balaban J connectivity index is 2.52. The van der Waals surface area contributed by atoms with E-state index in [2.05, 4.69) is 10.2 Å². The Hall–Kier alpha value is -2.04. The lowest BCUT2D eigenvalue weighted by Gasteiger charge is -2.02. The van der Waals surface area contributed by atoms with Crippen molar-refractivity contribution in [3.05, 3.63) is 40.6 Å². The molecule has 0 bridgehead atoms. The van der Waals surface area contributed by atoms with E-state index in [-0.39, 0.29) is 11.3 Å². The molecule has 0 radical (unpaired) electrons. The van der Waals surface area contributed by atoms with Gasteiger partial charge in [0.25, 0.3) is 5.56 Å². The minimum atomic E-state index is -0.490. The van der Waals surface area contributed by atoms with E-state index in [0.29, 0.717) is 11.1 Å². The fourth-order valence-corrected chi connectivity index (χ4v) is 1.36. The van der Waals surface area contributed by atoms with Crippen LogP contribution in [-0.4, -0.2) is 17.3 Å². The van der Waals surface area contributed by atoms with Crippen LogP contribution in [0.2, 0.25) is 0 Å². The van der Waals surface area contributed by atoms with Crippen LogP contribution in [0.15, 0.2) is 29.2 Å². The van der Waals surface area contributed by atoms with Crippen LogP contribution >= 0.6 is 0 Å². The van der Waals surface area contributed by atoms with E-state index in [1.807, 2.05) is 0 Å². The second-order valence-electron chi connectivity index (χ2n) is 3.01. The zero-order chi connectivity index (χ0) is 10.8. The fourth-order valence-electron chi connectivity index (χ4n) is 1.36. The standard InChI is InChI=1S/C10H9FN2O2/c1-15-9-3-2-6(4-8(9)11)7-5-12-13-10(7)14/h2-5H,1H3,(H2,12,13,14). The number of nitrogens with one attached hydrogen (secondary N) is 2. The fraction of sp³-hybridized carbons (Fsp3) is 0.100. The summed E-state index contributed by atoms with van der Waals surface area (Å²) in [6.45, 7) is 0. The van der Waals surface area contributed by atoms with Gasteiger partial charge >= 0.3 is 0 Å². The SMILES string of the molecule is COc1ccc(-c2c[nH][nH]c2=O)cc1F. The van der Waals surface area contributed by atoms with Gasteiger partial charge in [0.05, 0.1) is 12.7 Å². The number of hydrogen-bond acceptors (Lipinski definition) is 2. The summed E-state index contributed by atoms with van der Waals surface area (Å²) < 4.78 is 18.1. The highest BCUT2D eigenvalue weighted by Crippen LogP contribution is 2.22. The largest absolute Gasteiger partial charge is 0.494 e. The molecule has 2 N–H and O–H groups in total. The first kappa shape index (κ1) is 9.51.